The van der Waals surface area contributed by atoms with Crippen molar-refractivity contribution in [2.24, 2.45) is 5.92 Å². The highest BCUT2D eigenvalue weighted by atomic mass is 32.2. The van der Waals surface area contributed by atoms with Crippen molar-refractivity contribution >= 4 is 16.0 Å². The number of nitrogens with one attached hydrogen (secondary N) is 1. The van der Waals surface area contributed by atoms with Gasteiger partial charge in [0.15, 0.2) is 0 Å². The molecule has 1 aromatic carbocycles. The number of aryl methyl sites for hydroxylation is 1. The minimum Gasteiger partial charge on any atom is -0.480 e. The van der Waals surface area contributed by atoms with Gasteiger partial charge in [-0.15, -0.1) is 0 Å². The highest BCUT2D eigenvalue weighted by molar-refractivity contribution is 7.89. The van der Waals surface area contributed by atoms with E-state index >= 15 is 0 Å². The fraction of sp³-hybridized carbons (Fsp3) is 0.500. The van der Waals surface area contributed by atoms with Crippen LogP contribution < -0.4 is 4.72 Å². The summed E-state index contributed by atoms with van der Waals surface area (Å²) in [4.78, 5) is 11.2. The number of carboxylic acids is 1. The van der Waals surface area contributed by atoms with E-state index in [-0.39, 0.29) is 17.2 Å². The van der Waals surface area contributed by atoms with E-state index in [1.54, 1.807) is 12.1 Å². The molecule has 0 saturated carbocycles. The molecule has 0 unspecified atom stereocenters. The molecule has 1 atom stereocenters. The molecule has 0 spiro atoms. The van der Waals surface area contributed by atoms with E-state index in [1.807, 2.05) is 20.8 Å². The van der Waals surface area contributed by atoms with Crippen molar-refractivity contribution in [1.82, 2.24) is 4.72 Å². The predicted molar refractivity (Wildman–Crippen MR) is 77.0 cm³/mol. The molecule has 20 heavy (non-hydrogen) atoms. The Morgan fingerprint density at radius 2 is 1.80 bits per heavy atom. The van der Waals surface area contributed by atoms with Crippen molar-refractivity contribution in [1.29, 1.82) is 0 Å². The first-order chi connectivity index (χ1) is 9.26. The third-order valence-corrected chi connectivity index (χ3v) is 4.43. The topological polar surface area (TPSA) is 83.5 Å². The molecular weight excluding hydrogens is 278 g/mol. The van der Waals surface area contributed by atoms with E-state index in [0.29, 0.717) is 0 Å². The zero-order valence-electron chi connectivity index (χ0n) is 12.0. The Kier molecular flexibility index (Phi) is 5.71. The SMILES string of the molecule is CCc1ccc(S(=O)(=O)N[C@@H](CC(C)C)C(=O)O)cc1. The summed E-state index contributed by atoms with van der Waals surface area (Å²) in [5, 5.41) is 9.09. The van der Waals surface area contributed by atoms with Gasteiger partial charge in [-0.1, -0.05) is 32.9 Å². The minimum atomic E-state index is -3.81. The summed E-state index contributed by atoms with van der Waals surface area (Å²) in [7, 11) is -3.81. The number of hydrogen-bond donors (Lipinski definition) is 2. The monoisotopic (exact) mass is 299 g/mol. The van der Waals surface area contributed by atoms with Crippen LogP contribution in [-0.2, 0) is 21.2 Å². The van der Waals surface area contributed by atoms with Crippen LogP contribution in [0.1, 0.15) is 32.8 Å². The van der Waals surface area contributed by atoms with E-state index in [0.717, 1.165) is 12.0 Å². The molecule has 0 aliphatic carbocycles. The highest BCUT2D eigenvalue weighted by Crippen LogP contribution is 2.13. The van der Waals surface area contributed by atoms with Crippen LogP contribution in [0.5, 0.6) is 0 Å². The number of aliphatic carboxylic acids is 1. The van der Waals surface area contributed by atoms with Gasteiger partial charge < -0.3 is 5.11 Å². The van der Waals surface area contributed by atoms with Crippen LogP contribution in [0.2, 0.25) is 0 Å². The lowest BCUT2D eigenvalue weighted by Crippen LogP contribution is -2.41. The fourth-order valence-corrected chi connectivity index (χ4v) is 3.03. The summed E-state index contributed by atoms with van der Waals surface area (Å²) in [6.45, 7) is 5.67. The normalized spacial score (nSPS) is 13.4. The first-order valence-electron chi connectivity index (χ1n) is 6.60. The summed E-state index contributed by atoms with van der Waals surface area (Å²) < 4.78 is 26.6. The number of rotatable bonds is 7. The molecule has 1 aromatic rings. The quantitative estimate of drug-likeness (QED) is 0.807. The first-order valence-corrected chi connectivity index (χ1v) is 8.08. The average molecular weight is 299 g/mol. The molecule has 0 fully saturated rings. The molecule has 0 aromatic heterocycles. The largest absolute Gasteiger partial charge is 0.480 e. The fourth-order valence-electron chi connectivity index (χ4n) is 1.83. The molecule has 0 bridgehead atoms. The van der Waals surface area contributed by atoms with Crippen molar-refractivity contribution in [3.63, 3.8) is 0 Å². The molecule has 0 heterocycles. The number of carboxylic acid groups (broad SMARTS) is 1. The van der Waals surface area contributed by atoms with Crippen LogP contribution in [0, 0.1) is 5.92 Å². The second kappa shape index (κ2) is 6.85. The molecule has 0 radical (unpaired) electrons. The Morgan fingerprint density at radius 3 is 2.20 bits per heavy atom. The standard InChI is InChI=1S/C14H21NO4S/c1-4-11-5-7-12(8-6-11)20(18,19)15-13(14(16)17)9-10(2)3/h5-8,10,13,15H,4,9H2,1-3H3,(H,16,17)/t13-/m0/s1. The zero-order valence-corrected chi connectivity index (χ0v) is 12.8. The Balaban J connectivity index is 2.93. The zero-order chi connectivity index (χ0) is 15.3. The molecule has 5 nitrogen and oxygen atoms in total. The summed E-state index contributed by atoms with van der Waals surface area (Å²) in [6.07, 6.45) is 1.07. The third-order valence-electron chi connectivity index (χ3n) is 2.94. The lowest BCUT2D eigenvalue weighted by molar-refractivity contribution is -0.139. The number of sulfonamides is 1. The van der Waals surface area contributed by atoms with Gasteiger partial charge in [0.2, 0.25) is 10.0 Å². The second-order valence-corrected chi connectivity index (χ2v) is 6.85. The van der Waals surface area contributed by atoms with E-state index in [9.17, 15) is 13.2 Å². The van der Waals surface area contributed by atoms with E-state index < -0.39 is 22.0 Å². The summed E-state index contributed by atoms with van der Waals surface area (Å²) >= 11 is 0. The van der Waals surface area contributed by atoms with Gasteiger partial charge in [0, 0.05) is 0 Å². The van der Waals surface area contributed by atoms with Crippen LogP contribution >= 0.6 is 0 Å². The van der Waals surface area contributed by atoms with Crippen LogP contribution in [0.3, 0.4) is 0 Å². The summed E-state index contributed by atoms with van der Waals surface area (Å²) in [5.74, 6) is -1.08. The van der Waals surface area contributed by atoms with Gasteiger partial charge >= 0.3 is 5.97 Å². The average Bonchev–Trinajstić information content (AvgIpc) is 2.37. The number of hydrogen-bond acceptors (Lipinski definition) is 3. The molecule has 2 N–H and O–H groups in total. The minimum absolute atomic E-state index is 0.0845. The smallest absolute Gasteiger partial charge is 0.321 e. The van der Waals surface area contributed by atoms with Gasteiger partial charge in [-0.05, 0) is 36.5 Å². The lowest BCUT2D eigenvalue weighted by Gasteiger charge is -2.16. The van der Waals surface area contributed by atoms with Gasteiger partial charge in [0.25, 0.3) is 0 Å². The van der Waals surface area contributed by atoms with Crippen molar-refractivity contribution in [3.05, 3.63) is 29.8 Å². The van der Waals surface area contributed by atoms with E-state index in [4.69, 9.17) is 5.11 Å². The molecule has 0 aliphatic rings. The molecular formula is C14H21NO4S. The maximum absolute atomic E-state index is 12.2. The molecule has 0 saturated heterocycles. The van der Waals surface area contributed by atoms with Gasteiger partial charge in [0.1, 0.15) is 6.04 Å². The summed E-state index contributed by atoms with van der Waals surface area (Å²) in [5.41, 5.74) is 1.03. The van der Waals surface area contributed by atoms with Crippen molar-refractivity contribution < 1.29 is 18.3 Å². The van der Waals surface area contributed by atoms with Gasteiger partial charge in [0.05, 0.1) is 4.90 Å². The molecule has 1 rings (SSSR count). The maximum atomic E-state index is 12.2. The number of carbonyl (C=O) groups is 1. The van der Waals surface area contributed by atoms with Crippen LogP contribution in [0.25, 0.3) is 0 Å². The third kappa shape index (κ3) is 4.61. The summed E-state index contributed by atoms with van der Waals surface area (Å²) in [6, 6.07) is 5.34. The first kappa shape index (κ1) is 16.7. The Labute approximate surface area is 120 Å². The molecule has 6 heteroatoms. The van der Waals surface area contributed by atoms with Crippen molar-refractivity contribution in [2.75, 3.05) is 0 Å². The number of benzene rings is 1. The second-order valence-electron chi connectivity index (χ2n) is 5.14. The maximum Gasteiger partial charge on any atom is 0.321 e. The predicted octanol–water partition coefficient (Wildman–Crippen LogP) is 2.03. The van der Waals surface area contributed by atoms with Crippen LogP contribution in [0.15, 0.2) is 29.2 Å². The molecule has 112 valence electrons. The highest BCUT2D eigenvalue weighted by Gasteiger charge is 2.25. The van der Waals surface area contributed by atoms with E-state index in [1.165, 1.54) is 12.1 Å². The Hall–Kier alpha value is -1.40. The van der Waals surface area contributed by atoms with Crippen molar-refractivity contribution in [3.8, 4) is 0 Å². The van der Waals surface area contributed by atoms with Crippen LogP contribution in [0.4, 0.5) is 0 Å². The van der Waals surface area contributed by atoms with Crippen LogP contribution in [-0.4, -0.2) is 25.5 Å². The van der Waals surface area contributed by atoms with Gasteiger partial charge in [-0.3, -0.25) is 4.79 Å². The Bertz CT molecular complexity index is 549. The van der Waals surface area contributed by atoms with Gasteiger partial charge in [-0.2, -0.15) is 4.72 Å². The Morgan fingerprint density at radius 1 is 1.25 bits per heavy atom. The van der Waals surface area contributed by atoms with E-state index in [2.05, 4.69) is 4.72 Å². The van der Waals surface area contributed by atoms with Crippen molar-refractivity contribution in [2.45, 2.75) is 44.6 Å². The lowest BCUT2D eigenvalue weighted by atomic mass is 10.1. The molecule has 0 aliphatic heterocycles. The van der Waals surface area contributed by atoms with Gasteiger partial charge in [-0.25, -0.2) is 8.42 Å². The molecule has 0 amide bonds.